The van der Waals surface area contributed by atoms with Gasteiger partial charge in [-0.3, -0.25) is 9.59 Å². The van der Waals surface area contributed by atoms with E-state index >= 15 is 0 Å². The molecule has 0 fully saturated rings. The molecule has 2 aromatic rings. The topological polar surface area (TPSA) is 58.6 Å². The number of rotatable bonds is 7. The molecule has 0 aromatic heterocycles. The van der Waals surface area contributed by atoms with Crippen LogP contribution in [0.5, 0.6) is 5.75 Å². The highest BCUT2D eigenvalue weighted by Gasteiger charge is 2.18. The second-order valence-corrected chi connectivity index (χ2v) is 6.24. The standard InChI is InChI=1S/C19H20Cl2N2O3/c1-3-23(19(25)13-8-10-14(11-9-13)26-4-2)12-17(24)22-18-15(20)6-5-7-16(18)21/h5-11H,3-4,12H2,1-2H3,(H,22,24). The van der Waals surface area contributed by atoms with Gasteiger partial charge in [0.1, 0.15) is 12.3 Å². The number of carbonyl (C=O) groups is 2. The van der Waals surface area contributed by atoms with Crippen LogP contribution in [0.2, 0.25) is 10.0 Å². The summed E-state index contributed by atoms with van der Waals surface area (Å²) < 4.78 is 5.37. The predicted octanol–water partition coefficient (Wildman–Crippen LogP) is 4.49. The molecule has 0 atom stereocenters. The minimum absolute atomic E-state index is 0.107. The summed E-state index contributed by atoms with van der Waals surface area (Å²) in [4.78, 5) is 26.4. The van der Waals surface area contributed by atoms with Crippen LogP contribution >= 0.6 is 23.2 Å². The monoisotopic (exact) mass is 394 g/mol. The van der Waals surface area contributed by atoms with E-state index in [-0.39, 0.29) is 18.4 Å². The SMILES string of the molecule is CCOc1ccc(C(=O)N(CC)CC(=O)Nc2c(Cl)cccc2Cl)cc1. The largest absolute Gasteiger partial charge is 0.494 e. The van der Waals surface area contributed by atoms with Crippen LogP contribution in [0.15, 0.2) is 42.5 Å². The maximum absolute atomic E-state index is 12.6. The number of nitrogens with one attached hydrogen (secondary N) is 1. The zero-order chi connectivity index (χ0) is 19.1. The molecule has 0 aliphatic carbocycles. The van der Waals surface area contributed by atoms with E-state index < -0.39 is 0 Å². The maximum Gasteiger partial charge on any atom is 0.254 e. The average molecular weight is 395 g/mol. The Balaban J connectivity index is 2.05. The summed E-state index contributed by atoms with van der Waals surface area (Å²) in [5.41, 5.74) is 0.823. The molecule has 26 heavy (non-hydrogen) atoms. The van der Waals surface area contributed by atoms with Crippen molar-refractivity contribution in [2.75, 3.05) is 25.0 Å². The third-order valence-electron chi connectivity index (χ3n) is 3.64. The molecule has 0 radical (unpaired) electrons. The normalized spacial score (nSPS) is 10.3. The minimum Gasteiger partial charge on any atom is -0.494 e. The molecule has 1 N–H and O–H groups in total. The van der Waals surface area contributed by atoms with Gasteiger partial charge in [0.2, 0.25) is 5.91 Å². The van der Waals surface area contributed by atoms with E-state index in [2.05, 4.69) is 5.32 Å². The summed E-state index contributed by atoms with van der Waals surface area (Å²) >= 11 is 12.1. The maximum atomic E-state index is 12.6. The van der Waals surface area contributed by atoms with E-state index in [1.165, 1.54) is 4.90 Å². The molecule has 0 spiro atoms. The van der Waals surface area contributed by atoms with Gasteiger partial charge in [-0.25, -0.2) is 0 Å². The molecule has 0 saturated carbocycles. The van der Waals surface area contributed by atoms with Crippen molar-refractivity contribution in [3.63, 3.8) is 0 Å². The van der Waals surface area contributed by atoms with Gasteiger partial charge in [0.05, 0.1) is 22.3 Å². The number of nitrogens with zero attached hydrogens (tertiary/aromatic N) is 1. The Hall–Kier alpha value is -2.24. The molecule has 0 aliphatic heterocycles. The molecule has 0 bridgehead atoms. The highest BCUT2D eigenvalue weighted by atomic mass is 35.5. The summed E-state index contributed by atoms with van der Waals surface area (Å²) in [5, 5.41) is 3.34. The van der Waals surface area contributed by atoms with Crippen LogP contribution in [-0.4, -0.2) is 36.4 Å². The van der Waals surface area contributed by atoms with Crippen molar-refractivity contribution in [3.05, 3.63) is 58.1 Å². The van der Waals surface area contributed by atoms with E-state index in [9.17, 15) is 9.59 Å². The molecule has 0 unspecified atom stereocenters. The number of halogens is 2. The molecular weight excluding hydrogens is 375 g/mol. The lowest BCUT2D eigenvalue weighted by Crippen LogP contribution is -2.37. The smallest absolute Gasteiger partial charge is 0.254 e. The molecule has 0 aliphatic rings. The van der Waals surface area contributed by atoms with Gasteiger partial charge in [0.15, 0.2) is 0 Å². The number of amides is 2. The molecule has 0 heterocycles. The van der Waals surface area contributed by atoms with Gasteiger partial charge in [-0.15, -0.1) is 0 Å². The minimum atomic E-state index is -0.374. The van der Waals surface area contributed by atoms with Crippen LogP contribution in [0.3, 0.4) is 0 Å². The molecular formula is C19H20Cl2N2O3. The Labute approximate surface area is 162 Å². The van der Waals surface area contributed by atoms with Crippen LogP contribution in [0.1, 0.15) is 24.2 Å². The van der Waals surface area contributed by atoms with Crippen molar-refractivity contribution in [3.8, 4) is 5.75 Å². The molecule has 2 aromatic carbocycles. The molecule has 2 rings (SSSR count). The lowest BCUT2D eigenvalue weighted by atomic mass is 10.2. The fourth-order valence-corrected chi connectivity index (χ4v) is 2.83. The number of anilines is 1. The van der Waals surface area contributed by atoms with Gasteiger partial charge < -0.3 is 15.0 Å². The third kappa shape index (κ3) is 5.13. The predicted molar refractivity (Wildman–Crippen MR) is 104 cm³/mol. The highest BCUT2D eigenvalue weighted by Crippen LogP contribution is 2.29. The second-order valence-electron chi connectivity index (χ2n) is 5.42. The number of para-hydroxylation sites is 1. The van der Waals surface area contributed by atoms with Crippen LogP contribution in [-0.2, 0) is 4.79 Å². The fourth-order valence-electron chi connectivity index (χ4n) is 2.34. The second kappa shape index (κ2) is 9.46. The summed E-state index contributed by atoms with van der Waals surface area (Å²) in [7, 11) is 0. The third-order valence-corrected chi connectivity index (χ3v) is 4.27. The number of ether oxygens (including phenoxy) is 1. The van der Waals surface area contributed by atoms with Crippen LogP contribution < -0.4 is 10.1 Å². The van der Waals surface area contributed by atoms with Crippen molar-refractivity contribution in [2.45, 2.75) is 13.8 Å². The molecule has 138 valence electrons. The van der Waals surface area contributed by atoms with Gasteiger partial charge in [0, 0.05) is 12.1 Å². The Morgan fingerprint density at radius 1 is 1.04 bits per heavy atom. The van der Waals surface area contributed by atoms with Crippen LogP contribution in [0.25, 0.3) is 0 Å². The van der Waals surface area contributed by atoms with Gasteiger partial charge in [-0.1, -0.05) is 29.3 Å². The van der Waals surface area contributed by atoms with Gasteiger partial charge >= 0.3 is 0 Å². The molecule has 0 saturated heterocycles. The van der Waals surface area contributed by atoms with Crippen LogP contribution in [0, 0.1) is 0 Å². The lowest BCUT2D eigenvalue weighted by Gasteiger charge is -2.21. The van der Waals surface area contributed by atoms with E-state index in [1.807, 2.05) is 13.8 Å². The quantitative estimate of drug-likeness (QED) is 0.752. The molecule has 2 amide bonds. The number of hydrogen-bond donors (Lipinski definition) is 1. The Morgan fingerprint density at radius 3 is 2.19 bits per heavy atom. The Bertz CT molecular complexity index is 759. The number of likely N-dealkylation sites (N-methyl/N-ethyl adjacent to an activating group) is 1. The van der Waals surface area contributed by atoms with Crippen molar-refractivity contribution < 1.29 is 14.3 Å². The van der Waals surface area contributed by atoms with E-state index in [4.69, 9.17) is 27.9 Å². The molecule has 5 nitrogen and oxygen atoms in total. The lowest BCUT2D eigenvalue weighted by molar-refractivity contribution is -0.116. The van der Waals surface area contributed by atoms with Crippen molar-refractivity contribution >= 4 is 40.7 Å². The average Bonchev–Trinajstić information content (AvgIpc) is 2.63. The number of carbonyl (C=O) groups excluding carboxylic acids is 2. The first kappa shape index (κ1) is 20.1. The zero-order valence-electron chi connectivity index (χ0n) is 14.6. The summed E-state index contributed by atoms with van der Waals surface area (Å²) in [6.45, 7) is 4.53. The first-order valence-corrected chi connectivity index (χ1v) is 8.97. The first-order chi connectivity index (χ1) is 12.5. The van der Waals surface area contributed by atoms with E-state index in [1.54, 1.807) is 42.5 Å². The van der Waals surface area contributed by atoms with Crippen molar-refractivity contribution in [1.29, 1.82) is 0 Å². The zero-order valence-corrected chi connectivity index (χ0v) is 16.1. The Kier molecular flexibility index (Phi) is 7.30. The van der Waals surface area contributed by atoms with Gasteiger partial charge in [0.25, 0.3) is 5.91 Å². The first-order valence-electron chi connectivity index (χ1n) is 8.22. The number of benzene rings is 2. The number of hydrogen-bond acceptors (Lipinski definition) is 3. The van der Waals surface area contributed by atoms with E-state index in [0.717, 1.165) is 0 Å². The van der Waals surface area contributed by atoms with Crippen LogP contribution in [0.4, 0.5) is 5.69 Å². The van der Waals surface area contributed by atoms with E-state index in [0.29, 0.717) is 40.2 Å². The Morgan fingerprint density at radius 2 is 1.65 bits per heavy atom. The summed E-state index contributed by atoms with van der Waals surface area (Å²) in [5.74, 6) is 0.0790. The van der Waals surface area contributed by atoms with Gasteiger partial charge in [-0.2, -0.15) is 0 Å². The fraction of sp³-hybridized carbons (Fsp3) is 0.263. The molecule has 7 heteroatoms. The summed E-state index contributed by atoms with van der Waals surface area (Å²) in [6.07, 6.45) is 0. The highest BCUT2D eigenvalue weighted by molar-refractivity contribution is 6.39. The van der Waals surface area contributed by atoms with Crippen molar-refractivity contribution in [2.24, 2.45) is 0 Å². The summed E-state index contributed by atoms with van der Waals surface area (Å²) in [6, 6.07) is 11.8. The van der Waals surface area contributed by atoms with Gasteiger partial charge in [-0.05, 0) is 50.2 Å². The van der Waals surface area contributed by atoms with Crippen molar-refractivity contribution in [1.82, 2.24) is 4.90 Å².